The van der Waals surface area contributed by atoms with Gasteiger partial charge in [-0.2, -0.15) is 11.3 Å². The van der Waals surface area contributed by atoms with Gasteiger partial charge in [0.05, 0.1) is 7.11 Å². The number of ether oxygens (including phenoxy) is 1. The number of esters is 1. The van der Waals surface area contributed by atoms with E-state index in [1.54, 1.807) is 17.7 Å². The van der Waals surface area contributed by atoms with Gasteiger partial charge in [0.15, 0.2) is 5.16 Å². The predicted molar refractivity (Wildman–Crippen MR) is 80.0 cm³/mol. The Balaban J connectivity index is 2.30. The smallest absolute Gasteiger partial charge is 0.323 e. The molecule has 0 aliphatic rings. The maximum Gasteiger partial charge on any atom is 0.323 e. The lowest BCUT2D eigenvalue weighted by Crippen LogP contribution is -2.22. The summed E-state index contributed by atoms with van der Waals surface area (Å²) in [6.07, 6.45) is 1.68. The lowest BCUT2D eigenvalue weighted by Gasteiger charge is -2.23. The van der Waals surface area contributed by atoms with Gasteiger partial charge >= 0.3 is 5.97 Å². The fourth-order valence-corrected chi connectivity index (χ4v) is 3.64. The quantitative estimate of drug-likeness (QED) is 0.641. The van der Waals surface area contributed by atoms with Gasteiger partial charge in [0.1, 0.15) is 11.6 Å². The summed E-state index contributed by atoms with van der Waals surface area (Å²) in [6.45, 7) is 6.20. The first-order chi connectivity index (χ1) is 9.43. The Hall–Kier alpha value is -1.34. The second-order valence-electron chi connectivity index (χ2n) is 5.23. The molecule has 2 heterocycles. The molecule has 2 aromatic heterocycles. The van der Waals surface area contributed by atoms with E-state index in [-0.39, 0.29) is 11.5 Å². The van der Waals surface area contributed by atoms with E-state index in [9.17, 15) is 4.79 Å². The maximum absolute atomic E-state index is 12.0. The van der Waals surface area contributed by atoms with Crippen LogP contribution in [-0.2, 0) is 15.1 Å². The van der Waals surface area contributed by atoms with E-state index >= 15 is 0 Å². The summed E-state index contributed by atoms with van der Waals surface area (Å²) in [5, 5.41) is 12.3. The third-order valence-corrected chi connectivity index (χ3v) is 4.61. The number of thiophene rings is 1. The highest BCUT2D eigenvalue weighted by atomic mass is 32.2. The number of hydrogen-bond acceptors (Lipinski definition) is 6. The molecular formula is C13H17N3O2S2. The zero-order valence-electron chi connectivity index (χ0n) is 11.9. The Morgan fingerprint density at radius 2 is 2.25 bits per heavy atom. The van der Waals surface area contributed by atoms with Crippen molar-refractivity contribution >= 4 is 29.1 Å². The molecule has 108 valence electrons. The number of aromatic nitrogens is 3. The molecule has 7 heteroatoms. The third kappa shape index (κ3) is 3.21. The largest absolute Gasteiger partial charge is 0.468 e. The second-order valence-corrected chi connectivity index (χ2v) is 7.08. The second kappa shape index (κ2) is 5.97. The van der Waals surface area contributed by atoms with E-state index in [2.05, 4.69) is 31.0 Å². The van der Waals surface area contributed by atoms with Crippen molar-refractivity contribution in [3.8, 4) is 0 Å². The predicted octanol–water partition coefficient (Wildman–Crippen LogP) is 3.10. The molecule has 0 radical (unpaired) electrons. The van der Waals surface area contributed by atoms with Gasteiger partial charge in [0.25, 0.3) is 0 Å². The molecule has 0 fully saturated rings. The number of carbonyl (C=O) groups is 1. The molecule has 2 rings (SSSR count). The number of thioether (sulfide) groups is 1. The van der Waals surface area contributed by atoms with E-state index in [1.807, 2.05) is 21.4 Å². The van der Waals surface area contributed by atoms with Crippen molar-refractivity contribution in [3.63, 3.8) is 0 Å². The van der Waals surface area contributed by atoms with Crippen LogP contribution in [0.4, 0.5) is 0 Å². The van der Waals surface area contributed by atoms with Gasteiger partial charge < -0.3 is 9.30 Å². The molecule has 1 atom stereocenters. The summed E-state index contributed by atoms with van der Waals surface area (Å²) in [5.41, 5.74) is 0.788. The van der Waals surface area contributed by atoms with E-state index < -0.39 is 5.25 Å². The third-order valence-electron chi connectivity index (χ3n) is 2.72. The van der Waals surface area contributed by atoms with Gasteiger partial charge in [-0.05, 0) is 43.2 Å². The normalized spacial score (nSPS) is 13.2. The topological polar surface area (TPSA) is 57.0 Å². The first kappa shape index (κ1) is 15.1. The molecular weight excluding hydrogens is 294 g/mol. The lowest BCUT2D eigenvalue weighted by molar-refractivity contribution is -0.140. The number of nitrogens with zero attached hydrogens (tertiary/aromatic N) is 3. The highest BCUT2D eigenvalue weighted by Crippen LogP contribution is 2.37. The molecule has 1 unspecified atom stereocenters. The first-order valence-corrected chi connectivity index (χ1v) is 7.93. The molecule has 0 N–H and O–H groups in total. The van der Waals surface area contributed by atoms with Crippen molar-refractivity contribution in [2.75, 3.05) is 7.11 Å². The van der Waals surface area contributed by atoms with Crippen LogP contribution in [0.2, 0.25) is 0 Å². The van der Waals surface area contributed by atoms with Crippen LogP contribution in [0, 0.1) is 0 Å². The van der Waals surface area contributed by atoms with Crippen molar-refractivity contribution in [2.45, 2.75) is 36.7 Å². The van der Waals surface area contributed by atoms with E-state index in [4.69, 9.17) is 4.74 Å². The number of rotatable bonds is 4. The van der Waals surface area contributed by atoms with Crippen LogP contribution in [0.15, 0.2) is 28.3 Å². The number of carbonyl (C=O) groups excluding carboxylic acids is 1. The van der Waals surface area contributed by atoms with Gasteiger partial charge in [-0.3, -0.25) is 4.79 Å². The van der Waals surface area contributed by atoms with Crippen LogP contribution in [0.25, 0.3) is 0 Å². The molecule has 5 nitrogen and oxygen atoms in total. The average Bonchev–Trinajstić information content (AvgIpc) is 3.04. The van der Waals surface area contributed by atoms with E-state index in [0.717, 1.165) is 5.56 Å². The lowest BCUT2D eigenvalue weighted by atomic mass is 10.1. The fraction of sp³-hybridized carbons (Fsp3) is 0.462. The minimum Gasteiger partial charge on any atom is -0.468 e. The Kier molecular flexibility index (Phi) is 4.49. The molecule has 0 amide bonds. The Morgan fingerprint density at radius 1 is 1.50 bits per heavy atom. The summed E-state index contributed by atoms with van der Waals surface area (Å²) in [5.74, 6) is -0.281. The van der Waals surface area contributed by atoms with Gasteiger partial charge in [-0.25, -0.2) is 0 Å². The standard InChI is InChI=1S/C13H17N3O2S2/c1-13(2,3)16-8-14-15-12(16)20-10(11(17)18-4)9-5-6-19-7-9/h5-8,10H,1-4H3. The molecule has 0 aliphatic heterocycles. The van der Waals surface area contributed by atoms with Crippen molar-refractivity contribution < 1.29 is 9.53 Å². The molecule has 0 saturated heterocycles. The maximum atomic E-state index is 12.0. The molecule has 2 aromatic rings. The van der Waals surface area contributed by atoms with Gasteiger partial charge in [-0.1, -0.05) is 11.8 Å². The summed E-state index contributed by atoms with van der Waals surface area (Å²) < 4.78 is 6.86. The van der Waals surface area contributed by atoms with Crippen molar-refractivity contribution in [3.05, 3.63) is 28.7 Å². The van der Waals surface area contributed by atoms with Gasteiger partial charge in [0, 0.05) is 5.54 Å². The minimum atomic E-state index is -0.420. The van der Waals surface area contributed by atoms with Crippen molar-refractivity contribution in [1.82, 2.24) is 14.8 Å². The van der Waals surface area contributed by atoms with E-state index in [1.165, 1.54) is 18.9 Å². The Labute approximate surface area is 126 Å². The van der Waals surface area contributed by atoms with Crippen LogP contribution in [-0.4, -0.2) is 27.8 Å². The number of methoxy groups -OCH3 is 1. The van der Waals surface area contributed by atoms with Crippen LogP contribution >= 0.6 is 23.1 Å². The zero-order chi connectivity index (χ0) is 14.8. The van der Waals surface area contributed by atoms with Gasteiger partial charge in [-0.15, -0.1) is 10.2 Å². The summed E-state index contributed by atoms with van der Waals surface area (Å²) in [6, 6.07) is 1.93. The monoisotopic (exact) mass is 311 g/mol. The fourth-order valence-electron chi connectivity index (χ4n) is 1.65. The van der Waals surface area contributed by atoms with Gasteiger partial charge in [0.2, 0.25) is 0 Å². The first-order valence-electron chi connectivity index (χ1n) is 6.10. The highest BCUT2D eigenvalue weighted by molar-refractivity contribution is 8.00. The minimum absolute atomic E-state index is 0.138. The molecule has 0 saturated carbocycles. The Morgan fingerprint density at radius 3 is 2.80 bits per heavy atom. The summed E-state index contributed by atoms with van der Waals surface area (Å²) >= 11 is 2.91. The van der Waals surface area contributed by atoms with Crippen LogP contribution in [0.5, 0.6) is 0 Å². The zero-order valence-corrected chi connectivity index (χ0v) is 13.5. The van der Waals surface area contributed by atoms with E-state index in [0.29, 0.717) is 5.16 Å². The Bertz CT molecular complexity index is 573. The molecule has 0 spiro atoms. The number of hydrogen-bond donors (Lipinski definition) is 0. The highest BCUT2D eigenvalue weighted by Gasteiger charge is 2.27. The molecule has 0 aliphatic carbocycles. The van der Waals surface area contributed by atoms with Crippen LogP contribution in [0.1, 0.15) is 31.6 Å². The molecule has 20 heavy (non-hydrogen) atoms. The summed E-state index contributed by atoms with van der Waals surface area (Å²) in [7, 11) is 1.40. The molecule has 0 bridgehead atoms. The average molecular weight is 311 g/mol. The molecule has 0 aromatic carbocycles. The van der Waals surface area contributed by atoms with Crippen LogP contribution in [0.3, 0.4) is 0 Å². The van der Waals surface area contributed by atoms with Crippen LogP contribution < -0.4 is 0 Å². The van der Waals surface area contributed by atoms with Crippen molar-refractivity contribution in [2.24, 2.45) is 0 Å². The summed E-state index contributed by atoms with van der Waals surface area (Å²) in [4.78, 5) is 12.0. The van der Waals surface area contributed by atoms with Crippen molar-refractivity contribution in [1.29, 1.82) is 0 Å². The SMILES string of the molecule is COC(=O)C(Sc1nncn1C(C)(C)C)c1ccsc1.